The van der Waals surface area contributed by atoms with E-state index in [2.05, 4.69) is 27.7 Å². The van der Waals surface area contributed by atoms with E-state index in [1.54, 1.807) is 19.3 Å². The number of halogens is 1. The largest absolute Gasteiger partial charge is 0.497 e. The Labute approximate surface area is 157 Å². The number of benzene rings is 1. The van der Waals surface area contributed by atoms with E-state index in [-0.39, 0.29) is 11.8 Å². The first kappa shape index (κ1) is 20.0. The first-order valence-electron chi connectivity index (χ1n) is 8.34. The summed E-state index contributed by atoms with van der Waals surface area (Å²) in [7, 11) is 1.57. The van der Waals surface area contributed by atoms with E-state index in [0.717, 1.165) is 5.57 Å². The Kier molecular flexibility index (Phi) is 6.99. The number of hydrogen-bond acceptors (Lipinski definition) is 4. The van der Waals surface area contributed by atoms with Gasteiger partial charge in [0.05, 0.1) is 7.11 Å². The quantitative estimate of drug-likeness (QED) is 0.266. The predicted molar refractivity (Wildman–Crippen MR) is 102 cm³/mol. The van der Waals surface area contributed by atoms with E-state index in [1.807, 2.05) is 13.0 Å². The van der Waals surface area contributed by atoms with E-state index in [0.29, 0.717) is 18.0 Å². The lowest BCUT2D eigenvalue weighted by Crippen LogP contribution is -2.45. The van der Waals surface area contributed by atoms with Crippen molar-refractivity contribution in [2.75, 3.05) is 19.0 Å². The highest BCUT2D eigenvalue weighted by molar-refractivity contribution is 5.97. The summed E-state index contributed by atoms with van der Waals surface area (Å²) in [6, 6.07) is 4.29. The van der Waals surface area contributed by atoms with Crippen LogP contribution in [0.3, 0.4) is 0 Å². The van der Waals surface area contributed by atoms with Crippen molar-refractivity contribution >= 4 is 17.6 Å². The lowest BCUT2D eigenvalue weighted by Gasteiger charge is -2.20. The Morgan fingerprint density at radius 2 is 2.11 bits per heavy atom. The van der Waals surface area contributed by atoms with Crippen LogP contribution in [-0.2, 0) is 4.74 Å². The number of carbonyl (C=O) groups is 1. The van der Waals surface area contributed by atoms with Crippen LogP contribution < -0.4 is 16.0 Å². The number of methoxy groups -OCH3 is 1. The molecule has 1 aromatic carbocycles. The maximum absolute atomic E-state index is 13.0. The van der Waals surface area contributed by atoms with Gasteiger partial charge in [0.2, 0.25) is 0 Å². The summed E-state index contributed by atoms with van der Waals surface area (Å²) in [5.74, 6) is 0.301. The average Bonchev–Trinajstić information content (AvgIpc) is 3.06. The zero-order chi connectivity index (χ0) is 19.8. The lowest BCUT2D eigenvalue weighted by atomic mass is 9.94. The normalized spacial score (nSPS) is 21.1. The molecule has 0 bridgehead atoms. The third-order valence-corrected chi connectivity index (χ3v) is 4.15. The Hall–Kier alpha value is -3.29. The van der Waals surface area contributed by atoms with Crippen LogP contribution in [0.5, 0.6) is 0 Å². The van der Waals surface area contributed by atoms with Crippen molar-refractivity contribution in [1.82, 2.24) is 10.6 Å². The number of carbonyl (C=O) groups excluding carboxylic acids is 1. The SMILES string of the molecule is C=C(/C=C\C(=C/C)OC)[C@@H]1CN/C(=N\O)[C@H]1NC(=O)Nc1ccc(F)cc1. The Morgan fingerprint density at radius 3 is 2.70 bits per heavy atom. The van der Waals surface area contributed by atoms with Crippen molar-refractivity contribution in [3.05, 3.63) is 66.2 Å². The molecule has 0 unspecified atom stereocenters. The maximum atomic E-state index is 13.0. The molecule has 7 nitrogen and oxygen atoms in total. The van der Waals surface area contributed by atoms with Gasteiger partial charge in [-0.3, -0.25) is 0 Å². The highest BCUT2D eigenvalue weighted by Gasteiger charge is 2.35. The highest BCUT2D eigenvalue weighted by Crippen LogP contribution is 2.21. The molecule has 2 amide bonds. The fourth-order valence-corrected chi connectivity index (χ4v) is 2.68. The molecule has 0 spiro atoms. The standard InChI is InChI=1S/C19H23FN4O3/c1-4-15(27-3)10-5-12(2)16-11-21-18(24-26)17(16)23-19(25)22-14-8-6-13(20)7-9-14/h4-10,16-17,26H,2,11H2,1,3H3,(H,21,24)(H2,22,23,25)/b10-5-,15-4+/t16-,17-/m0/s1. The molecule has 144 valence electrons. The molecule has 2 rings (SSSR count). The zero-order valence-electron chi connectivity index (χ0n) is 15.2. The number of amides is 2. The number of anilines is 1. The molecule has 1 saturated heterocycles. The molecule has 4 N–H and O–H groups in total. The summed E-state index contributed by atoms with van der Waals surface area (Å²) in [5, 5.41) is 20.7. The maximum Gasteiger partial charge on any atom is 0.319 e. The number of oxime groups is 1. The number of hydrogen-bond donors (Lipinski definition) is 4. The van der Waals surface area contributed by atoms with Crippen LogP contribution in [0.25, 0.3) is 0 Å². The van der Waals surface area contributed by atoms with E-state index >= 15 is 0 Å². The molecule has 1 aliphatic heterocycles. The van der Waals surface area contributed by atoms with Crippen molar-refractivity contribution in [3.8, 4) is 0 Å². The van der Waals surface area contributed by atoms with Gasteiger partial charge in [-0.05, 0) is 48.9 Å². The van der Waals surface area contributed by atoms with Crippen LogP contribution in [0.1, 0.15) is 6.92 Å². The third kappa shape index (κ3) is 5.34. The minimum absolute atomic E-state index is 0.221. The molecule has 0 aromatic heterocycles. The summed E-state index contributed by atoms with van der Waals surface area (Å²) in [6.45, 7) is 6.34. The smallest absolute Gasteiger partial charge is 0.319 e. The van der Waals surface area contributed by atoms with Crippen LogP contribution in [0.2, 0.25) is 0 Å². The van der Waals surface area contributed by atoms with Crippen LogP contribution in [0.15, 0.2) is 65.6 Å². The fraction of sp³-hybridized carbons (Fsp3) is 0.263. The van der Waals surface area contributed by atoms with Gasteiger partial charge in [-0.1, -0.05) is 17.8 Å². The Morgan fingerprint density at radius 1 is 1.41 bits per heavy atom. The second-order valence-electron chi connectivity index (χ2n) is 5.86. The van der Waals surface area contributed by atoms with E-state index in [1.165, 1.54) is 24.3 Å². The van der Waals surface area contributed by atoms with Gasteiger partial charge >= 0.3 is 6.03 Å². The van der Waals surface area contributed by atoms with Crippen molar-refractivity contribution in [3.63, 3.8) is 0 Å². The summed E-state index contributed by atoms with van der Waals surface area (Å²) in [6.07, 6.45) is 5.37. The summed E-state index contributed by atoms with van der Waals surface area (Å²) in [5.41, 5.74) is 1.17. The number of urea groups is 1. The van der Waals surface area contributed by atoms with Crippen molar-refractivity contribution in [1.29, 1.82) is 0 Å². The Bertz CT molecular complexity index is 772. The van der Waals surface area contributed by atoms with Gasteiger partial charge in [0.15, 0.2) is 5.84 Å². The van der Waals surface area contributed by atoms with Crippen LogP contribution in [0.4, 0.5) is 14.9 Å². The summed E-state index contributed by atoms with van der Waals surface area (Å²) >= 11 is 0. The lowest BCUT2D eigenvalue weighted by molar-refractivity contribution is 0.249. The van der Waals surface area contributed by atoms with E-state index < -0.39 is 17.9 Å². The van der Waals surface area contributed by atoms with Gasteiger partial charge in [0.1, 0.15) is 17.6 Å². The number of amidine groups is 1. The number of ether oxygens (including phenoxy) is 1. The van der Waals surface area contributed by atoms with E-state index in [9.17, 15) is 14.4 Å². The second-order valence-corrected chi connectivity index (χ2v) is 5.86. The molecule has 0 aliphatic carbocycles. The first-order chi connectivity index (χ1) is 13.0. The number of allylic oxidation sites excluding steroid dienone is 3. The Balaban J connectivity index is 2.07. The van der Waals surface area contributed by atoms with Gasteiger partial charge in [-0.15, -0.1) is 0 Å². The van der Waals surface area contributed by atoms with Crippen LogP contribution in [-0.4, -0.2) is 36.8 Å². The van der Waals surface area contributed by atoms with Crippen molar-refractivity contribution in [2.24, 2.45) is 11.1 Å². The molecule has 0 radical (unpaired) electrons. The minimum Gasteiger partial charge on any atom is -0.497 e. The van der Waals surface area contributed by atoms with Gasteiger partial charge in [-0.25, -0.2) is 9.18 Å². The van der Waals surface area contributed by atoms with Gasteiger partial charge in [0.25, 0.3) is 0 Å². The summed E-state index contributed by atoms with van der Waals surface area (Å²) in [4.78, 5) is 12.3. The highest BCUT2D eigenvalue weighted by atomic mass is 19.1. The molecule has 0 saturated carbocycles. The molecular weight excluding hydrogens is 351 g/mol. The predicted octanol–water partition coefficient (Wildman–Crippen LogP) is 2.99. The minimum atomic E-state index is -0.593. The third-order valence-electron chi connectivity index (χ3n) is 4.15. The molecule has 1 aromatic rings. The van der Waals surface area contributed by atoms with Crippen molar-refractivity contribution < 1.29 is 19.1 Å². The van der Waals surface area contributed by atoms with E-state index in [4.69, 9.17) is 4.74 Å². The molecule has 1 fully saturated rings. The van der Waals surface area contributed by atoms with Crippen LogP contribution in [0, 0.1) is 11.7 Å². The number of rotatable bonds is 6. The summed E-state index contributed by atoms with van der Waals surface area (Å²) < 4.78 is 18.1. The number of nitrogens with one attached hydrogen (secondary N) is 3. The second kappa shape index (κ2) is 9.42. The number of nitrogens with zero attached hydrogens (tertiary/aromatic N) is 1. The topological polar surface area (TPSA) is 95.0 Å². The molecule has 1 aliphatic rings. The van der Waals surface area contributed by atoms with Crippen LogP contribution >= 0.6 is 0 Å². The monoisotopic (exact) mass is 374 g/mol. The van der Waals surface area contributed by atoms with Gasteiger partial charge in [-0.2, -0.15) is 0 Å². The van der Waals surface area contributed by atoms with Crippen molar-refractivity contribution in [2.45, 2.75) is 13.0 Å². The molecule has 2 atom stereocenters. The fourth-order valence-electron chi connectivity index (χ4n) is 2.68. The first-order valence-corrected chi connectivity index (χ1v) is 8.34. The molecule has 1 heterocycles. The zero-order valence-corrected chi connectivity index (χ0v) is 15.2. The van der Waals surface area contributed by atoms with Gasteiger partial charge in [0, 0.05) is 18.2 Å². The van der Waals surface area contributed by atoms with Gasteiger partial charge < -0.3 is 25.9 Å². The molecular formula is C19H23FN4O3. The average molecular weight is 374 g/mol. The molecule has 27 heavy (non-hydrogen) atoms. The molecule has 8 heteroatoms.